The number of hydrogen-bond acceptors (Lipinski definition) is 6. The number of nitrogens with zero attached hydrogens (tertiary/aromatic N) is 1. The molecule has 0 fully saturated rings. The van der Waals surface area contributed by atoms with E-state index in [9.17, 15) is 9.59 Å². The summed E-state index contributed by atoms with van der Waals surface area (Å²) in [5.74, 6) is 0. The van der Waals surface area contributed by atoms with Crippen molar-refractivity contribution in [2.45, 2.75) is 163 Å². The maximum Gasteiger partial charge on any atom is 0.420 e. The maximum absolute atomic E-state index is 13.2. The highest BCUT2D eigenvalue weighted by Gasteiger charge is 2.36. The van der Waals surface area contributed by atoms with Crippen molar-refractivity contribution < 1.29 is 23.8 Å². The number of amides is 2. The lowest BCUT2D eigenvalue weighted by atomic mass is 10.00. The third-order valence-corrected chi connectivity index (χ3v) is 5.89. The van der Waals surface area contributed by atoms with Crippen LogP contribution in [0, 0.1) is 0 Å². The molecule has 0 heterocycles. The van der Waals surface area contributed by atoms with Crippen LogP contribution < -0.4 is 0 Å². The first-order chi connectivity index (χ1) is 16.8. The quantitative estimate of drug-likeness (QED) is 0.138. The second kappa shape index (κ2) is 18.8. The lowest BCUT2D eigenvalue weighted by Crippen LogP contribution is -2.49. The van der Waals surface area contributed by atoms with Crippen LogP contribution in [0.5, 0.6) is 0 Å². The van der Waals surface area contributed by atoms with E-state index in [1.807, 2.05) is 6.92 Å². The van der Waals surface area contributed by atoms with Crippen molar-refractivity contribution in [3.63, 3.8) is 0 Å². The highest BCUT2D eigenvalue weighted by molar-refractivity contribution is 7.80. The molecule has 0 bridgehead atoms. The first-order valence-electron chi connectivity index (χ1n) is 14.2. The lowest BCUT2D eigenvalue weighted by Gasteiger charge is -2.33. The molecule has 0 aliphatic heterocycles. The Morgan fingerprint density at radius 3 is 1.58 bits per heavy atom. The molecule has 6 nitrogen and oxygen atoms in total. The molecular formula is C29H55NO5S. The standard InChI is InChI=1S/C29H55NO5S/c1-9-11-12-13-14-15-16-17-18-20-24(21-19-22-25(36)33-23-10-2)30(26(31)34-28(3,4)5)27(32)35-29(6,7)8/h24H,9-23H2,1-8H3. The molecule has 0 N–H and O–H groups in total. The SMILES string of the molecule is CCCCCCCCCCCC(CCCC(=S)OCCC)N(C(=O)OC(C)(C)C)C(=O)OC(C)(C)C. The largest absolute Gasteiger partial charge is 0.487 e. The van der Waals surface area contributed by atoms with Crippen LogP contribution in [0.4, 0.5) is 9.59 Å². The highest BCUT2D eigenvalue weighted by atomic mass is 32.1. The normalized spacial score (nSPS) is 12.7. The van der Waals surface area contributed by atoms with Gasteiger partial charge in [0.25, 0.3) is 0 Å². The predicted molar refractivity (Wildman–Crippen MR) is 153 cm³/mol. The van der Waals surface area contributed by atoms with E-state index in [0.29, 0.717) is 24.5 Å². The van der Waals surface area contributed by atoms with Crippen molar-refractivity contribution in [2.24, 2.45) is 0 Å². The number of thiocarbonyl (C=S) groups is 1. The maximum atomic E-state index is 13.2. The van der Waals surface area contributed by atoms with E-state index >= 15 is 0 Å². The van der Waals surface area contributed by atoms with Gasteiger partial charge >= 0.3 is 12.2 Å². The van der Waals surface area contributed by atoms with Gasteiger partial charge in [-0.3, -0.25) is 0 Å². The topological polar surface area (TPSA) is 65.1 Å². The van der Waals surface area contributed by atoms with Gasteiger partial charge < -0.3 is 14.2 Å². The summed E-state index contributed by atoms with van der Waals surface area (Å²) in [4.78, 5) is 27.6. The molecule has 0 rings (SSSR count). The van der Waals surface area contributed by atoms with Gasteiger partial charge in [-0.15, -0.1) is 0 Å². The number of imide groups is 1. The van der Waals surface area contributed by atoms with Gasteiger partial charge in [0.1, 0.15) is 11.2 Å². The van der Waals surface area contributed by atoms with Gasteiger partial charge in [0, 0.05) is 12.5 Å². The van der Waals surface area contributed by atoms with Gasteiger partial charge in [0.2, 0.25) is 0 Å². The molecule has 2 amide bonds. The van der Waals surface area contributed by atoms with Crippen molar-refractivity contribution in [3.05, 3.63) is 0 Å². The third kappa shape index (κ3) is 18.8. The fourth-order valence-electron chi connectivity index (χ4n) is 3.86. The van der Waals surface area contributed by atoms with Crippen molar-refractivity contribution >= 4 is 29.5 Å². The minimum atomic E-state index is -0.713. The zero-order valence-corrected chi connectivity index (χ0v) is 25.4. The van der Waals surface area contributed by atoms with E-state index in [-0.39, 0.29) is 6.04 Å². The Morgan fingerprint density at radius 2 is 1.14 bits per heavy atom. The number of rotatable bonds is 17. The van der Waals surface area contributed by atoms with Gasteiger partial charge in [0.05, 0.1) is 6.61 Å². The Bertz CT molecular complexity index is 596. The second-order valence-corrected chi connectivity index (χ2v) is 12.2. The average molecular weight is 530 g/mol. The molecule has 0 aromatic rings. The highest BCUT2D eigenvalue weighted by Crippen LogP contribution is 2.23. The third-order valence-electron chi connectivity index (χ3n) is 5.57. The summed E-state index contributed by atoms with van der Waals surface area (Å²) in [5, 5.41) is 0.583. The molecule has 1 unspecified atom stereocenters. The monoisotopic (exact) mass is 529 g/mol. The van der Waals surface area contributed by atoms with Crippen LogP contribution in [0.15, 0.2) is 0 Å². The summed E-state index contributed by atoms with van der Waals surface area (Å²) >= 11 is 5.34. The zero-order valence-electron chi connectivity index (χ0n) is 24.6. The van der Waals surface area contributed by atoms with Crippen LogP contribution >= 0.6 is 12.2 Å². The van der Waals surface area contributed by atoms with E-state index in [1.54, 1.807) is 41.5 Å². The van der Waals surface area contributed by atoms with Crippen LogP contribution in [0.1, 0.15) is 145 Å². The smallest absolute Gasteiger partial charge is 0.420 e. The van der Waals surface area contributed by atoms with Crippen molar-refractivity contribution in [2.75, 3.05) is 6.61 Å². The fourth-order valence-corrected chi connectivity index (χ4v) is 4.09. The molecule has 0 saturated carbocycles. The van der Waals surface area contributed by atoms with Crippen molar-refractivity contribution in [1.82, 2.24) is 4.90 Å². The van der Waals surface area contributed by atoms with Gasteiger partial charge in [-0.1, -0.05) is 71.6 Å². The van der Waals surface area contributed by atoms with Crippen LogP contribution in [0.3, 0.4) is 0 Å². The van der Waals surface area contributed by atoms with Crippen LogP contribution in [0.2, 0.25) is 0 Å². The molecule has 0 saturated heterocycles. The number of unbranched alkanes of at least 4 members (excludes halogenated alkanes) is 8. The summed E-state index contributed by atoms with van der Waals surface area (Å²) < 4.78 is 16.8. The summed E-state index contributed by atoms with van der Waals surface area (Å²) in [7, 11) is 0. The van der Waals surface area contributed by atoms with E-state index < -0.39 is 23.4 Å². The van der Waals surface area contributed by atoms with E-state index in [4.69, 9.17) is 26.4 Å². The number of carbonyl (C=O) groups is 2. The predicted octanol–water partition coefficient (Wildman–Crippen LogP) is 9.37. The Hall–Kier alpha value is -1.37. The number of ether oxygens (including phenoxy) is 3. The Balaban J connectivity index is 5.28. The molecular weight excluding hydrogens is 474 g/mol. The summed E-state index contributed by atoms with van der Waals surface area (Å²) in [6.45, 7) is 15.7. The minimum Gasteiger partial charge on any atom is -0.487 e. The minimum absolute atomic E-state index is 0.312. The second-order valence-electron chi connectivity index (χ2n) is 11.7. The lowest BCUT2D eigenvalue weighted by molar-refractivity contribution is -0.00916. The zero-order chi connectivity index (χ0) is 27.6. The number of carbonyl (C=O) groups excluding carboxylic acids is 2. The van der Waals surface area contributed by atoms with Crippen LogP contribution in [-0.4, -0.2) is 46.0 Å². The van der Waals surface area contributed by atoms with Gasteiger partial charge in [-0.2, -0.15) is 0 Å². The van der Waals surface area contributed by atoms with Crippen LogP contribution in [-0.2, 0) is 14.2 Å². The van der Waals surface area contributed by atoms with E-state index in [2.05, 4.69) is 6.92 Å². The Morgan fingerprint density at radius 1 is 0.694 bits per heavy atom. The van der Waals surface area contributed by atoms with Crippen LogP contribution in [0.25, 0.3) is 0 Å². The Labute approximate surface area is 227 Å². The molecule has 36 heavy (non-hydrogen) atoms. The molecule has 0 aliphatic rings. The Kier molecular flexibility index (Phi) is 18.1. The molecule has 0 aromatic carbocycles. The van der Waals surface area contributed by atoms with Gasteiger partial charge in [-0.05, 0) is 79.4 Å². The van der Waals surface area contributed by atoms with E-state index in [1.165, 1.54) is 49.8 Å². The fraction of sp³-hybridized carbons (Fsp3) is 0.897. The molecule has 7 heteroatoms. The van der Waals surface area contributed by atoms with Gasteiger partial charge in [0.15, 0.2) is 5.05 Å². The first kappa shape index (κ1) is 34.6. The molecule has 0 radical (unpaired) electrons. The first-order valence-corrected chi connectivity index (χ1v) is 14.6. The summed E-state index contributed by atoms with van der Waals surface area (Å²) in [5.41, 5.74) is -1.43. The van der Waals surface area contributed by atoms with E-state index in [0.717, 1.165) is 32.1 Å². The van der Waals surface area contributed by atoms with Gasteiger partial charge in [-0.25, -0.2) is 14.5 Å². The molecule has 0 spiro atoms. The molecule has 212 valence electrons. The average Bonchev–Trinajstić information content (AvgIpc) is 2.73. The molecule has 0 aliphatic carbocycles. The van der Waals surface area contributed by atoms with Crippen molar-refractivity contribution in [1.29, 1.82) is 0 Å². The van der Waals surface area contributed by atoms with Crippen molar-refractivity contribution in [3.8, 4) is 0 Å². The number of hydrogen-bond donors (Lipinski definition) is 0. The summed E-state index contributed by atoms with van der Waals surface area (Å²) in [6.07, 6.45) is 13.2. The molecule has 0 aromatic heterocycles. The molecule has 1 atom stereocenters. The summed E-state index contributed by atoms with van der Waals surface area (Å²) in [6, 6.07) is -0.312.